The second-order valence-electron chi connectivity index (χ2n) is 4.91. The lowest BCUT2D eigenvalue weighted by Gasteiger charge is -2.35. The number of aliphatic carboxylic acids is 3. The average Bonchev–Trinajstić information content (AvgIpc) is 2.09. The topological polar surface area (TPSA) is 138 Å². The summed E-state index contributed by atoms with van der Waals surface area (Å²) in [6.07, 6.45) is 0. The van der Waals surface area contributed by atoms with Gasteiger partial charge in [-0.2, -0.15) is 0 Å². The molecule has 0 bridgehead atoms. The zero-order valence-corrected chi connectivity index (χ0v) is 9.88. The Labute approximate surface area is 98.2 Å². The van der Waals surface area contributed by atoms with Crippen molar-refractivity contribution in [1.82, 2.24) is 0 Å². The molecule has 98 valence electrons. The van der Waals surface area contributed by atoms with Gasteiger partial charge in [0, 0.05) is 5.92 Å². The van der Waals surface area contributed by atoms with Crippen LogP contribution in [0.2, 0.25) is 0 Å². The van der Waals surface area contributed by atoms with Crippen LogP contribution in [0, 0.1) is 17.3 Å². The predicted octanol–water partition coefficient (Wildman–Crippen LogP) is -0.154. The number of carboxylic acid groups (broad SMARTS) is 3. The van der Waals surface area contributed by atoms with E-state index in [0.29, 0.717) is 0 Å². The third-order valence-electron chi connectivity index (χ3n) is 2.56. The molecule has 17 heavy (non-hydrogen) atoms. The van der Waals surface area contributed by atoms with Gasteiger partial charge in [0.15, 0.2) is 5.92 Å². The Bertz CT molecular complexity index is 318. The molecule has 0 fully saturated rings. The van der Waals surface area contributed by atoms with E-state index in [-0.39, 0.29) is 0 Å². The van der Waals surface area contributed by atoms with Gasteiger partial charge in [-0.05, 0) is 5.41 Å². The SMILES string of the molecule is CC(C)(C)C(C(C(=O)O)C(=O)O)[C@H](N)C(=O)O. The van der Waals surface area contributed by atoms with E-state index in [9.17, 15) is 14.4 Å². The Morgan fingerprint density at radius 3 is 1.47 bits per heavy atom. The van der Waals surface area contributed by atoms with Crippen molar-refractivity contribution in [3.63, 3.8) is 0 Å². The first kappa shape index (κ1) is 15.4. The lowest BCUT2D eigenvalue weighted by Crippen LogP contribution is -2.51. The summed E-state index contributed by atoms with van der Waals surface area (Å²) in [7, 11) is 0. The van der Waals surface area contributed by atoms with Crippen molar-refractivity contribution in [2.75, 3.05) is 0 Å². The van der Waals surface area contributed by atoms with E-state index in [1.54, 1.807) is 20.8 Å². The normalized spacial score (nSPS) is 15.4. The molecule has 0 saturated heterocycles. The number of hydrogen-bond acceptors (Lipinski definition) is 4. The zero-order chi connectivity index (χ0) is 14.0. The fourth-order valence-corrected chi connectivity index (χ4v) is 1.81. The largest absolute Gasteiger partial charge is 0.481 e. The van der Waals surface area contributed by atoms with Gasteiger partial charge in [-0.15, -0.1) is 0 Å². The third-order valence-corrected chi connectivity index (χ3v) is 2.56. The molecule has 0 rings (SSSR count). The molecule has 0 aromatic carbocycles. The summed E-state index contributed by atoms with van der Waals surface area (Å²) in [4.78, 5) is 32.7. The van der Waals surface area contributed by atoms with Crippen molar-refractivity contribution in [3.8, 4) is 0 Å². The minimum Gasteiger partial charge on any atom is -0.481 e. The molecule has 0 aromatic heterocycles. The second kappa shape index (κ2) is 5.13. The highest BCUT2D eigenvalue weighted by Crippen LogP contribution is 2.35. The summed E-state index contributed by atoms with van der Waals surface area (Å²) in [5, 5.41) is 26.6. The molecule has 0 aliphatic carbocycles. The van der Waals surface area contributed by atoms with Gasteiger partial charge in [-0.3, -0.25) is 14.4 Å². The van der Waals surface area contributed by atoms with Gasteiger partial charge in [-0.25, -0.2) is 0 Å². The van der Waals surface area contributed by atoms with Crippen LogP contribution in [-0.2, 0) is 14.4 Å². The van der Waals surface area contributed by atoms with Crippen molar-refractivity contribution >= 4 is 17.9 Å². The smallest absolute Gasteiger partial charge is 0.320 e. The molecule has 0 aliphatic rings. The van der Waals surface area contributed by atoms with Gasteiger partial charge in [0.05, 0.1) is 0 Å². The number of carboxylic acids is 3. The Balaban J connectivity index is 5.52. The second-order valence-corrected chi connectivity index (χ2v) is 4.91. The Morgan fingerprint density at radius 1 is 0.941 bits per heavy atom. The van der Waals surface area contributed by atoms with E-state index in [1.165, 1.54) is 0 Å². The summed E-state index contributed by atoms with van der Waals surface area (Å²) < 4.78 is 0. The molecule has 1 unspecified atom stereocenters. The first-order valence-electron chi connectivity index (χ1n) is 4.94. The van der Waals surface area contributed by atoms with Crippen LogP contribution >= 0.6 is 0 Å². The molecule has 0 aliphatic heterocycles. The van der Waals surface area contributed by atoms with Crippen LogP contribution in [0.4, 0.5) is 0 Å². The summed E-state index contributed by atoms with van der Waals surface area (Å²) in [6.45, 7) is 4.66. The van der Waals surface area contributed by atoms with Gasteiger partial charge < -0.3 is 21.1 Å². The molecule has 0 aromatic rings. The van der Waals surface area contributed by atoms with E-state index in [1.807, 2.05) is 0 Å². The fraction of sp³-hybridized carbons (Fsp3) is 0.700. The quantitative estimate of drug-likeness (QED) is 0.495. The third kappa shape index (κ3) is 3.70. The minimum atomic E-state index is -1.85. The molecular formula is C10H17NO6. The van der Waals surface area contributed by atoms with Gasteiger partial charge in [-0.1, -0.05) is 20.8 Å². The van der Waals surface area contributed by atoms with Crippen molar-refractivity contribution in [2.24, 2.45) is 23.0 Å². The molecule has 0 saturated carbocycles. The molecule has 2 atom stereocenters. The predicted molar refractivity (Wildman–Crippen MR) is 57.3 cm³/mol. The molecule has 5 N–H and O–H groups in total. The van der Waals surface area contributed by atoms with Gasteiger partial charge in [0.2, 0.25) is 0 Å². The monoisotopic (exact) mass is 247 g/mol. The maximum atomic E-state index is 10.9. The van der Waals surface area contributed by atoms with E-state index in [2.05, 4.69) is 0 Å². The first-order valence-corrected chi connectivity index (χ1v) is 4.94. The number of nitrogens with two attached hydrogens (primary N) is 1. The van der Waals surface area contributed by atoms with E-state index in [4.69, 9.17) is 21.1 Å². The van der Waals surface area contributed by atoms with Crippen molar-refractivity contribution in [2.45, 2.75) is 26.8 Å². The number of carbonyl (C=O) groups is 3. The number of hydrogen-bond donors (Lipinski definition) is 4. The highest BCUT2D eigenvalue weighted by Gasteiger charge is 2.47. The summed E-state index contributed by atoms with van der Waals surface area (Å²) in [5.41, 5.74) is 4.54. The van der Waals surface area contributed by atoms with E-state index < -0.39 is 41.2 Å². The van der Waals surface area contributed by atoms with Crippen molar-refractivity contribution in [1.29, 1.82) is 0 Å². The van der Waals surface area contributed by atoms with Crippen molar-refractivity contribution < 1.29 is 29.7 Å². The summed E-state index contributed by atoms with van der Waals surface area (Å²) >= 11 is 0. The Morgan fingerprint density at radius 2 is 1.29 bits per heavy atom. The fourth-order valence-electron chi connectivity index (χ4n) is 1.81. The van der Waals surface area contributed by atoms with E-state index in [0.717, 1.165) is 0 Å². The molecule has 7 nitrogen and oxygen atoms in total. The van der Waals surface area contributed by atoms with Crippen LogP contribution < -0.4 is 5.73 Å². The van der Waals surface area contributed by atoms with E-state index >= 15 is 0 Å². The molecule has 0 amide bonds. The van der Waals surface area contributed by atoms with Gasteiger partial charge in [0.1, 0.15) is 6.04 Å². The first-order chi connectivity index (χ1) is 7.50. The molecule has 0 heterocycles. The van der Waals surface area contributed by atoms with Crippen LogP contribution in [0.25, 0.3) is 0 Å². The summed E-state index contributed by atoms with van der Waals surface area (Å²) in [6, 6.07) is -1.55. The van der Waals surface area contributed by atoms with Crippen LogP contribution in [0.3, 0.4) is 0 Å². The Kier molecular flexibility index (Phi) is 4.64. The highest BCUT2D eigenvalue weighted by molar-refractivity contribution is 5.94. The van der Waals surface area contributed by atoms with Crippen LogP contribution in [0.1, 0.15) is 20.8 Å². The molecule has 7 heteroatoms. The van der Waals surface area contributed by atoms with Crippen LogP contribution in [0.15, 0.2) is 0 Å². The minimum absolute atomic E-state index is 0.862. The molecule has 0 spiro atoms. The van der Waals surface area contributed by atoms with Crippen molar-refractivity contribution in [3.05, 3.63) is 0 Å². The lowest BCUT2D eigenvalue weighted by atomic mass is 9.69. The summed E-state index contributed by atoms with van der Waals surface area (Å²) in [5.74, 6) is -7.66. The van der Waals surface area contributed by atoms with Crippen LogP contribution in [0.5, 0.6) is 0 Å². The standard InChI is InChI=1S/C10H17NO6/c1-10(2,3)5(6(11)9(16)17)4(7(12)13)8(14)15/h4-6H,11H2,1-3H3,(H,12,13)(H,14,15)(H,16,17)/t5?,6-/m0/s1. The molecule has 0 radical (unpaired) electrons. The van der Waals surface area contributed by atoms with Crippen LogP contribution in [-0.4, -0.2) is 39.3 Å². The number of rotatable bonds is 5. The maximum Gasteiger partial charge on any atom is 0.320 e. The van der Waals surface area contributed by atoms with Gasteiger partial charge in [0.25, 0.3) is 0 Å². The maximum absolute atomic E-state index is 10.9. The lowest BCUT2D eigenvalue weighted by molar-refractivity contribution is -0.161. The Hall–Kier alpha value is -1.63. The highest BCUT2D eigenvalue weighted by atomic mass is 16.4. The average molecular weight is 247 g/mol. The van der Waals surface area contributed by atoms with Gasteiger partial charge >= 0.3 is 17.9 Å². The zero-order valence-electron chi connectivity index (χ0n) is 9.88. The molecular weight excluding hydrogens is 230 g/mol.